The quantitative estimate of drug-likeness (QED) is 0.363. The van der Waals surface area contributed by atoms with Gasteiger partial charge in [-0.05, 0) is 35.6 Å². The molecule has 5 nitrogen and oxygen atoms in total. The predicted octanol–water partition coefficient (Wildman–Crippen LogP) is 2.27. The molecule has 0 aliphatic heterocycles. The van der Waals surface area contributed by atoms with Crippen LogP contribution in [0.2, 0.25) is 0 Å². The molecule has 0 fully saturated rings. The summed E-state index contributed by atoms with van der Waals surface area (Å²) < 4.78 is 0.412. The molecule has 0 saturated carbocycles. The van der Waals surface area contributed by atoms with E-state index in [-0.39, 0.29) is 22.6 Å². The van der Waals surface area contributed by atoms with Crippen LogP contribution >= 0.6 is 22.6 Å². The molecular weight excluding hydrogens is 311 g/mol. The maximum atomic E-state index is 11.1. The number of nitro groups is 1. The second-order valence-corrected chi connectivity index (χ2v) is 3.94. The Balaban J connectivity index is 3.54. The molecule has 15 heavy (non-hydrogen) atoms. The fourth-order valence-electron chi connectivity index (χ4n) is 1.05. The molecule has 0 aliphatic rings. The highest BCUT2D eigenvalue weighted by Crippen LogP contribution is 2.25. The van der Waals surface area contributed by atoms with Crippen LogP contribution in [-0.4, -0.2) is 10.7 Å². The molecule has 0 atom stereocenters. The highest BCUT2D eigenvalue weighted by molar-refractivity contribution is 14.1. The molecule has 1 aromatic rings. The Morgan fingerprint density at radius 1 is 1.60 bits per heavy atom. The number of halogens is 1. The Morgan fingerprint density at radius 3 is 2.60 bits per heavy atom. The number of hydrogen-bond acceptors (Lipinski definition) is 4. The summed E-state index contributed by atoms with van der Waals surface area (Å²) in [6.45, 7) is 1.32. The van der Waals surface area contributed by atoms with Crippen LogP contribution in [0.4, 0.5) is 5.69 Å². The van der Waals surface area contributed by atoms with Crippen molar-refractivity contribution >= 4 is 34.1 Å². The van der Waals surface area contributed by atoms with E-state index in [1.807, 2.05) is 0 Å². The van der Waals surface area contributed by atoms with E-state index in [1.165, 1.54) is 13.0 Å². The highest BCUT2D eigenvalue weighted by Gasteiger charge is 2.19. The number of carbonyl (C=O) groups excluding carboxylic acids is 1. The van der Waals surface area contributed by atoms with Crippen LogP contribution in [0.3, 0.4) is 0 Å². The zero-order valence-electron chi connectivity index (χ0n) is 7.65. The Bertz CT molecular complexity index is 491. The van der Waals surface area contributed by atoms with Crippen molar-refractivity contribution in [3.8, 4) is 6.07 Å². The van der Waals surface area contributed by atoms with E-state index in [0.717, 1.165) is 6.07 Å². The average Bonchev–Trinajstić information content (AvgIpc) is 2.16. The first-order valence-electron chi connectivity index (χ1n) is 3.86. The predicted molar refractivity (Wildman–Crippen MR) is 60.5 cm³/mol. The van der Waals surface area contributed by atoms with Crippen molar-refractivity contribution in [1.29, 1.82) is 5.26 Å². The zero-order valence-corrected chi connectivity index (χ0v) is 9.81. The molecule has 0 saturated heterocycles. The number of benzene rings is 1. The Kier molecular flexibility index (Phi) is 3.36. The van der Waals surface area contributed by atoms with E-state index in [0.29, 0.717) is 3.57 Å². The van der Waals surface area contributed by atoms with Crippen LogP contribution in [0, 0.1) is 25.0 Å². The number of nitriles is 1. The van der Waals surface area contributed by atoms with Gasteiger partial charge in [-0.15, -0.1) is 0 Å². The van der Waals surface area contributed by atoms with Crippen molar-refractivity contribution in [2.24, 2.45) is 0 Å². The maximum absolute atomic E-state index is 11.1. The summed E-state index contributed by atoms with van der Waals surface area (Å²) in [6.07, 6.45) is 0. The summed E-state index contributed by atoms with van der Waals surface area (Å²) in [4.78, 5) is 21.1. The lowest BCUT2D eigenvalue weighted by atomic mass is 10.1. The molecule has 0 unspecified atom stereocenters. The van der Waals surface area contributed by atoms with Gasteiger partial charge in [-0.25, -0.2) is 0 Å². The van der Waals surface area contributed by atoms with Crippen molar-refractivity contribution in [1.82, 2.24) is 0 Å². The van der Waals surface area contributed by atoms with Gasteiger partial charge in [0.1, 0.15) is 11.6 Å². The molecule has 0 bridgehead atoms. The van der Waals surface area contributed by atoms with Crippen molar-refractivity contribution in [2.75, 3.05) is 0 Å². The summed E-state index contributed by atoms with van der Waals surface area (Å²) in [5.41, 5.74) is -0.0923. The number of rotatable bonds is 2. The minimum Gasteiger partial charge on any atom is -0.295 e. The molecule has 0 spiro atoms. The van der Waals surface area contributed by atoms with Crippen LogP contribution < -0.4 is 0 Å². The van der Waals surface area contributed by atoms with Gasteiger partial charge in [0.05, 0.1) is 4.92 Å². The summed E-state index contributed by atoms with van der Waals surface area (Å²) in [5.74, 6) is -0.263. The second-order valence-electron chi connectivity index (χ2n) is 2.78. The first-order valence-corrected chi connectivity index (χ1v) is 4.94. The number of hydrogen-bond donors (Lipinski definition) is 0. The van der Waals surface area contributed by atoms with Gasteiger partial charge < -0.3 is 0 Å². The number of ketones is 1. The van der Waals surface area contributed by atoms with Gasteiger partial charge >= 0.3 is 0 Å². The number of carbonyl (C=O) groups is 1. The van der Waals surface area contributed by atoms with E-state index in [4.69, 9.17) is 5.26 Å². The lowest BCUT2D eigenvalue weighted by Crippen LogP contribution is -2.00. The molecule has 0 aliphatic carbocycles. The fraction of sp³-hybridized carbons (Fsp3) is 0.111. The average molecular weight is 316 g/mol. The summed E-state index contributed by atoms with van der Waals surface area (Å²) in [6, 6.07) is 4.35. The molecule has 6 heteroatoms. The van der Waals surface area contributed by atoms with Crippen molar-refractivity contribution in [3.63, 3.8) is 0 Å². The zero-order chi connectivity index (χ0) is 11.6. The third kappa shape index (κ3) is 2.30. The van der Waals surface area contributed by atoms with Gasteiger partial charge in [-0.3, -0.25) is 14.9 Å². The van der Waals surface area contributed by atoms with E-state index < -0.39 is 4.92 Å². The molecule has 76 valence electrons. The minimum atomic E-state index is -0.660. The van der Waals surface area contributed by atoms with Crippen molar-refractivity contribution < 1.29 is 9.72 Å². The lowest BCUT2D eigenvalue weighted by Gasteiger charge is -2.00. The first-order chi connectivity index (χ1) is 6.97. The van der Waals surface area contributed by atoms with Gasteiger partial charge in [0.25, 0.3) is 5.69 Å². The Labute approximate surface area is 99.0 Å². The molecule has 0 amide bonds. The molecule has 0 aromatic heterocycles. The normalized spacial score (nSPS) is 9.40. The summed E-state index contributed by atoms with van der Waals surface area (Å²) in [5, 5.41) is 19.4. The fourth-order valence-corrected chi connectivity index (χ4v) is 1.78. The summed E-state index contributed by atoms with van der Waals surface area (Å²) in [7, 11) is 0. The standard InChI is InChI=1S/C9H5IN2O3/c1-5(13)6-2-8(10)7(4-11)9(3-6)12(14)15/h2-3H,1H3. The highest BCUT2D eigenvalue weighted by atomic mass is 127. The van der Waals surface area contributed by atoms with Crippen molar-refractivity contribution in [3.05, 3.63) is 36.9 Å². The topological polar surface area (TPSA) is 84.0 Å². The molecular formula is C9H5IN2O3. The van der Waals surface area contributed by atoms with Crippen molar-refractivity contribution in [2.45, 2.75) is 6.92 Å². The van der Waals surface area contributed by atoms with Gasteiger partial charge in [-0.2, -0.15) is 5.26 Å². The number of nitrogens with zero attached hydrogens (tertiary/aromatic N) is 2. The van der Waals surface area contributed by atoms with Crippen LogP contribution in [0.15, 0.2) is 12.1 Å². The second kappa shape index (κ2) is 4.35. The number of nitro benzene ring substituents is 1. The van der Waals surface area contributed by atoms with E-state index in [1.54, 1.807) is 28.7 Å². The van der Waals surface area contributed by atoms with Gasteiger partial charge in [0.2, 0.25) is 0 Å². The van der Waals surface area contributed by atoms with Gasteiger partial charge in [0, 0.05) is 15.2 Å². The van der Waals surface area contributed by atoms with Gasteiger partial charge in [-0.1, -0.05) is 0 Å². The van der Waals surface area contributed by atoms with Crippen LogP contribution in [0.5, 0.6) is 0 Å². The maximum Gasteiger partial charge on any atom is 0.288 e. The smallest absolute Gasteiger partial charge is 0.288 e. The Hall–Kier alpha value is -1.49. The first kappa shape index (κ1) is 11.6. The van der Waals surface area contributed by atoms with E-state index >= 15 is 0 Å². The third-order valence-corrected chi connectivity index (χ3v) is 2.64. The van der Waals surface area contributed by atoms with E-state index in [2.05, 4.69) is 0 Å². The molecule has 0 heterocycles. The molecule has 1 aromatic carbocycles. The molecule has 1 rings (SSSR count). The van der Waals surface area contributed by atoms with Gasteiger partial charge in [0.15, 0.2) is 5.78 Å². The molecule has 0 radical (unpaired) electrons. The largest absolute Gasteiger partial charge is 0.295 e. The molecule has 0 N–H and O–H groups in total. The summed E-state index contributed by atoms with van der Waals surface area (Å²) >= 11 is 1.80. The van der Waals surface area contributed by atoms with Crippen LogP contribution in [-0.2, 0) is 0 Å². The van der Waals surface area contributed by atoms with Crippen LogP contribution in [0.25, 0.3) is 0 Å². The Morgan fingerprint density at radius 2 is 2.20 bits per heavy atom. The SMILES string of the molecule is CC(=O)c1cc(I)c(C#N)c([N+](=O)[O-])c1. The third-order valence-electron chi connectivity index (χ3n) is 1.78. The van der Waals surface area contributed by atoms with E-state index in [9.17, 15) is 14.9 Å². The monoisotopic (exact) mass is 316 g/mol. The van der Waals surface area contributed by atoms with Crippen LogP contribution in [0.1, 0.15) is 22.8 Å². The lowest BCUT2D eigenvalue weighted by molar-refractivity contribution is -0.385. The number of Topliss-reactive ketones (excluding diaryl/α,β-unsaturated/α-hetero) is 1. The minimum absolute atomic E-state index is 0.00870.